The molecule has 1 N–H and O–H groups in total. The van der Waals surface area contributed by atoms with Crippen LogP contribution in [-0.2, 0) is 0 Å². The average Bonchev–Trinajstić information content (AvgIpc) is 3.00. The lowest BCUT2D eigenvalue weighted by atomic mass is 10.2. The van der Waals surface area contributed by atoms with Gasteiger partial charge in [0.2, 0.25) is 0 Å². The van der Waals surface area contributed by atoms with Crippen molar-refractivity contribution in [1.82, 2.24) is 5.43 Å². The fourth-order valence-corrected chi connectivity index (χ4v) is 2.48. The van der Waals surface area contributed by atoms with Gasteiger partial charge in [0, 0.05) is 10.0 Å². The van der Waals surface area contributed by atoms with Gasteiger partial charge in [0.05, 0.1) is 11.1 Å². The summed E-state index contributed by atoms with van der Waals surface area (Å²) < 4.78 is 6.13. The van der Waals surface area contributed by atoms with E-state index < -0.39 is 0 Å². The molecule has 0 saturated carbocycles. The van der Waals surface area contributed by atoms with Gasteiger partial charge >= 0.3 is 0 Å². The smallest absolute Gasteiger partial charge is 0.281 e. The van der Waals surface area contributed by atoms with Crippen LogP contribution in [-0.4, -0.2) is 18.7 Å². The van der Waals surface area contributed by atoms with Crippen molar-refractivity contribution in [3.63, 3.8) is 0 Å². The SMILES string of the molecule is N#CCOc1ccc(Br)cc1/C=N/NC(=O)c1cccs1. The number of hydrogen-bond acceptors (Lipinski definition) is 5. The van der Waals surface area contributed by atoms with Crippen molar-refractivity contribution in [2.75, 3.05) is 6.61 Å². The normalized spacial score (nSPS) is 10.3. The van der Waals surface area contributed by atoms with Crippen LogP contribution in [0.25, 0.3) is 0 Å². The number of amides is 1. The molecule has 0 spiro atoms. The minimum absolute atomic E-state index is 0.0516. The van der Waals surface area contributed by atoms with E-state index >= 15 is 0 Å². The summed E-state index contributed by atoms with van der Waals surface area (Å²) in [5.41, 5.74) is 3.10. The fourth-order valence-electron chi connectivity index (χ4n) is 1.48. The molecule has 1 heterocycles. The molecule has 0 saturated heterocycles. The molecule has 1 aromatic carbocycles. The van der Waals surface area contributed by atoms with Gasteiger partial charge in [-0.25, -0.2) is 5.43 Å². The van der Waals surface area contributed by atoms with Gasteiger partial charge in [-0.1, -0.05) is 22.0 Å². The first-order valence-corrected chi connectivity index (χ1v) is 7.54. The van der Waals surface area contributed by atoms with Gasteiger partial charge in [0.25, 0.3) is 5.91 Å². The monoisotopic (exact) mass is 363 g/mol. The highest BCUT2D eigenvalue weighted by Crippen LogP contribution is 2.21. The first kappa shape index (κ1) is 15.2. The molecular formula is C14H10BrN3O2S. The maximum absolute atomic E-state index is 11.7. The summed E-state index contributed by atoms with van der Waals surface area (Å²) in [6.45, 7) is -0.0516. The molecule has 21 heavy (non-hydrogen) atoms. The molecule has 106 valence electrons. The summed E-state index contributed by atoms with van der Waals surface area (Å²) in [6, 6.07) is 10.7. The molecule has 0 aliphatic carbocycles. The lowest BCUT2D eigenvalue weighted by molar-refractivity contribution is 0.0959. The van der Waals surface area contributed by atoms with E-state index in [2.05, 4.69) is 26.5 Å². The zero-order valence-corrected chi connectivity index (χ0v) is 13.1. The molecule has 0 aliphatic rings. The Labute approximate surface area is 134 Å². The van der Waals surface area contributed by atoms with E-state index in [4.69, 9.17) is 10.00 Å². The van der Waals surface area contributed by atoms with E-state index in [0.717, 1.165) is 4.47 Å². The predicted octanol–water partition coefficient (Wildman–Crippen LogP) is 3.18. The Morgan fingerprint density at radius 2 is 2.38 bits per heavy atom. The number of nitriles is 1. The van der Waals surface area contributed by atoms with Crippen LogP contribution in [0.15, 0.2) is 45.3 Å². The number of benzene rings is 1. The molecule has 0 fully saturated rings. The lowest BCUT2D eigenvalue weighted by Crippen LogP contribution is -2.16. The summed E-state index contributed by atoms with van der Waals surface area (Å²) in [5.74, 6) is 0.254. The molecule has 0 atom stereocenters. The van der Waals surface area contributed by atoms with Crippen LogP contribution in [0, 0.1) is 11.3 Å². The van der Waals surface area contributed by atoms with E-state index in [1.807, 2.05) is 11.4 Å². The Morgan fingerprint density at radius 1 is 1.52 bits per heavy atom. The third kappa shape index (κ3) is 4.41. The fraction of sp³-hybridized carbons (Fsp3) is 0.0714. The Morgan fingerprint density at radius 3 is 3.10 bits per heavy atom. The Balaban J connectivity index is 2.07. The van der Waals surface area contributed by atoms with Crippen molar-refractivity contribution in [2.24, 2.45) is 5.10 Å². The van der Waals surface area contributed by atoms with E-state index in [1.54, 1.807) is 30.3 Å². The van der Waals surface area contributed by atoms with Crippen LogP contribution in [0.5, 0.6) is 5.75 Å². The summed E-state index contributed by atoms with van der Waals surface area (Å²) in [4.78, 5) is 12.3. The zero-order valence-electron chi connectivity index (χ0n) is 10.7. The average molecular weight is 364 g/mol. The van der Waals surface area contributed by atoms with E-state index in [1.165, 1.54) is 17.6 Å². The van der Waals surface area contributed by atoms with Gasteiger partial charge in [-0.3, -0.25) is 4.79 Å². The first-order chi connectivity index (χ1) is 10.2. The number of hydrogen-bond donors (Lipinski definition) is 1. The number of carbonyl (C=O) groups is 1. The van der Waals surface area contributed by atoms with Crippen LogP contribution in [0.4, 0.5) is 0 Å². The van der Waals surface area contributed by atoms with Crippen molar-refractivity contribution in [2.45, 2.75) is 0 Å². The highest BCUT2D eigenvalue weighted by atomic mass is 79.9. The minimum atomic E-state index is -0.268. The number of nitrogens with one attached hydrogen (secondary N) is 1. The zero-order chi connectivity index (χ0) is 15.1. The lowest BCUT2D eigenvalue weighted by Gasteiger charge is -2.06. The number of ether oxygens (including phenoxy) is 1. The first-order valence-electron chi connectivity index (χ1n) is 5.87. The molecule has 0 bridgehead atoms. The van der Waals surface area contributed by atoms with Gasteiger partial charge in [0.1, 0.15) is 11.8 Å². The number of thiophene rings is 1. The van der Waals surface area contributed by atoms with Crippen molar-refractivity contribution in [3.8, 4) is 11.8 Å². The maximum atomic E-state index is 11.7. The highest BCUT2D eigenvalue weighted by molar-refractivity contribution is 9.10. The van der Waals surface area contributed by atoms with Crippen LogP contribution in [0.3, 0.4) is 0 Å². The van der Waals surface area contributed by atoms with Gasteiger partial charge in [-0.15, -0.1) is 11.3 Å². The molecule has 1 amide bonds. The van der Waals surface area contributed by atoms with Crippen molar-refractivity contribution >= 4 is 39.4 Å². The maximum Gasteiger partial charge on any atom is 0.281 e. The molecule has 2 rings (SSSR count). The Hall–Kier alpha value is -2.17. The highest BCUT2D eigenvalue weighted by Gasteiger charge is 2.05. The molecule has 0 unspecified atom stereocenters. The second-order valence-electron chi connectivity index (χ2n) is 3.81. The molecule has 5 nitrogen and oxygen atoms in total. The third-order valence-electron chi connectivity index (χ3n) is 2.38. The largest absolute Gasteiger partial charge is 0.478 e. The summed E-state index contributed by atoms with van der Waals surface area (Å²) in [6.07, 6.45) is 1.48. The predicted molar refractivity (Wildman–Crippen MR) is 84.6 cm³/mol. The topological polar surface area (TPSA) is 74.5 Å². The summed E-state index contributed by atoms with van der Waals surface area (Å²) in [5, 5.41) is 14.3. The van der Waals surface area contributed by atoms with Crippen LogP contribution < -0.4 is 10.2 Å². The van der Waals surface area contributed by atoms with E-state index in [0.29, 0.717) is 16.2 Å². The number of hydrazone groups is 1. The second-order valence-corrected chi connectivity index (χ2v) is 5.67. The van der Waals surface area contributed by atoms with Crippen molar-refractivity contribution in [3.05, 3.63) is 50.6 Å². The summed E-state index contributed by atoms with van der Waals surface area (Å²) >= 11 is 4.69. The number of nitrogens with zero attached hydrogens (tertiary/aromatic N) is 2. The van der Waals surface area contributed by atoms with Gasteiger partial charge in [-0.05, 0) is 29.6 Å². The number of carbonyl (C=O) groups excluding carboxylic acids is 1. The number of halogens is 1. The second kappa shape index (κ2) is 7.57. The van der Waals surface area contributed by atoms with Crippen molar-refractivity contribution < 1.29 is 9.53 Å². The Bertz CT molecular complexity index is 693. The molecule has 0 radical (unpaired) electrons. The van der Waals surface area contributed by atoms with Crippen LogP contribution in [0.2, 0.25) is 0 Å². The van der Waals surface area contributed by atoms with Gasteiger partial charge in [-0.2, -0.15) is 10.4 Å². The van der Waals surface area contributed by atoms with E-state index in [9.17, 15) is 4.79 Å². The van der Waals surface area contributed by atoms with Crippen molar-refractivity contribution in [1.29, 1.82) is 5.26 Å². The Kier molecular flexibility index (Phi) is 5.49. The summed E-state index contributed by atoms with van der Waals surface area (Å²) in [7, 11) is 0. The van der Waals surface area contributed by atoms with Crippen LogP contribution in [0.1, 0.15) is 15.2 Å². The third-order valence-corrected chi connectivity index (χ3v) is 3.74. The van der Waals surface area contributed by atoms with Gasteiger partial charge < -0.3 is 4.74 Å². The quantitative estimate of drug-likeness (QED) is 0.654. The molecule has 0 aliphatic heterocycles. The molecule has 1 aromatic heterocycles. The molecular weight excluding hydrogens is 354 g/mol. The molecule has 7 heteroatoms. The number of rotatable bonds is 5. The van der Waals surface area contributed by atoms with E-state index in [-0.39, 0.29) is 12.5 Å². The van der Waals surface area contributed by atoms with Crippen LogP contribution >= 0.6 is 27.3 Å². The minimum Gasteiger partial charge on any atom is -0.478 e. The van der Waals surface area contributed by atoms with Gasteiger partial charge in [0.15, 0.2) is 6.61 Å². The molecule has 2 aromatic rings. The standard InChI is InChI=1S/C14H10BrN3O2S/c15-11-3-4-12(20-6-5-16)10(8-11)9-17-18-14(19)13-2-1-7-21-13/h1-4,7-9H,6H2,(H,18,19)/b17-9+.